The van der Waals surface area contributed by atoms with E-state index in [9.17, 15) is 12.8 Å². The summed E-state index contributed by atoms with van der Waals surface area (Å²) < 4.78 is 39.4. The number of hydrogen-bond acceptors (Lipinski definition) is 4. The molecule has 0 bridgehead atoms. The van der Waals surface area contributed by atoms with Gasteiger partial charge in [0.25, 0.3) is 10.0 Å². The number of hydrogen-bond donors (Lipinski definition) is 2. The Morgan fingerprint density at radius 3 is 2.14 bits per heavy atom. The monoisotopic (exact) mass is 309 g/mol. The van der Waals surface area contributed by atoms with E-state index in [1.807, 2.05) is 0 Å². The third-order valence-corrected chi connectivity index (χ3v) is 4.93. The standard InChI is InChI=1S/C14H16FN3O2S/c1-2-18(13-7-3-11(15)4-8-13)21(19,20)14-9-5-12(17-16)6-10-14/h3-10,17H,2,16H2,1H3. The highest BCUT2D eigenvalue weighted by atomic mass is 32.2. The van der Waals surface area contributed by atoms with Crippen molar-refractivity contribution in [2.75, 3.05) is 16.3 Å². The van der Waals surface area contributed by atoms with E-state index in [-0.39, 0.29) is 11.4 Å². The minimum atomic E-state index is -3.70. The molecule has 2 aromatic carbocycles. The van der Waals surface area contributed by atoms with Crippen LogP contribution in [0.25, 0.3) is 0 Å². The van der Waals surface area contributed by atoms with Crippen molar-refractivity contribution in [2.45, 2.75) is 11.8 Å². The number of benzene rings is 2. The molecule has 0 heterocycles. The predicted octanol–water partition coefficient (Wildman–Crippen LogP) is 2.33. The van der Waals surface area contributed by atoms with Crippen molar-refractivity contribution < 1.29 is 12.8 Å². The summed E-state index contributed by atoms with van der Waals surface area (Å²) in [5.74, 6) is 4.84. The van der Waals surface area contributed by atoms with E-state index < -0.39 is 15.8 Å². The molecule has 21 heavy (non-hydrogen) atoms. The summed E-state index contributed by atoms with van der Waals surface area (Å²) in [5, 5.41) is 0. The second-order valence-electron chi connectivity index (χ2n) is 4.31. The molecule has 0 fully saturated rings. The Labute approximate surface area is 123 Å². The van der Waals surface area contributed by atoms with Crippen molar-refractivity contribution in [1.29, 1.82) is 0 Å². The van der Waals surface area contributed by atoms with E-state index in [0.717, 1.165) is 0 Å². The Bertz CT molecular complexity index is 700. The Balaban J connectivity index is 2.41. The molecule has 2 aromatic rings. The van der Waals surface area contributed by atoms with Gasteiger partial charge in [-0.3, -0.25) is 10.1 Å². The second kappa shape index (κ2) is 6.11. The fraction of sp³-hybridized carbons (Fsp3) is 0.143. The number of hydrazine groups is 1. The topological polar surface area (TPSA) is 75.4 Å². The fourth-order valence-electron chi connectivity index (χ4n) is 1.95. The zero-order chi connectivity index (χ0) is 15.5. The van der Waals surface area contributed by atoms with E-state index >= 15 is 0 Å². The van der Waals surface area contributed by atoms with Gasteiger partial charge in [-0.25, -0.2) is 12.8 Å². The first-order valence-electron chi connectivity index (χ1n) is 6.34. The molecule has 0 saturated heterocycles. The summed E-state index contributed by atoms with van der Waals surface area (Å²) in [6.07, 6.45) is 0. The van der Waals surface area contributed by atoms with Crippen LogP contribution in [0.2, 0.25) is 0 Å². The summed E-state index contributed by atoms with van der Waals surface area (Å²) >= 11 is 0. The number of nitrogen functional groups attached to an aromatic ring is 1. The van der Waals surface area contributed by atoms with Crippen molar-refractivity contribution in [2.24, 2.45) is 5.84 Å². The number of sulfonamides is 1. The molecule has 2 rings (SSSR count). The van der Waals surface area contributed by atoms with Crippen molar-refractivity contribution >= 4 is 21.4 Å². The average molecular weight is 309 g/mol. The number of rotatable bonds is 5. The maximum atomic E-state index is 13.0. The van der Waals surface area contributed by atoms with Gasteiger partial charge < -0.3 is 5.43 Å². The van der Waals surface area contributed by atoms with Crippen LogP contribution in [0.15, 0.2) is 53.4 Å². The lowest BCUT2D eigenvalue weighted by Gasteiger charge is -2.23. The van der Waals surface area contributed by atoms with Gasteiger partial charge in [0.1, 0.15) is 5.82 Å². The molecule has 0 aromatic heterocycles. The van der Waals surface area contributed by atoms with E-state index in [2.05, 4.69) is 5.43 Å². The van der Waals surface area contributed by atoms with Crippen LogP contribution < -0.4 is 15.6 Å². The summed E-state index contributed by atoms with van der Waals surface area (Å²) in [6, 6.07) is 11.4. The second-order valence-corrected chi connectivity index (χ2v) is 6.18. The molecule has 0 radical (unpaired) electrons. The van der Waals surface area contributed by atoms with Crippen molar-refractivity contribution in [1.82, 2.24) is 0 Å². The number of nitrogens with two attached hydrogens (primary N) is 1. The first-order chi connectivity index (χ1) is 9.98. The highest BCUT2D eigenvalue weighted by Gasteiger charge is 2.23. The van der Waals surface area contributed by atoms with Crippen molar-refractivity contribution in [3.8, 4) is 0 Å². The van der Waals surface area contributed by atoms with Gasteiger partial charge in [-0.15, -0.1) is 0 Å². The van der Waals surface area contributed by atoms with Gasteiger partial charge in [0.15, 0.2) is 0 Å². The molecule has 112 valence electrons. The zero-order valence-electron chi connectivity index (χ0n) is 11.5. The molecule has 0 unspecified atom stereocenters. The van der Waals surface area contributed by atoms with E-state index in [1.165, 1.54) is 40.7 Å². The Morgan fingerprint density at radius 1 is 1.10 bits per heavy atom. The summed E-state index contributed by atoms with van der Waals surface area (Å²) in [7, 11) is -3.70. The number of halogens is 1. The zero-order valence-corrected chi connectivity index (χ0v) is 12.3. The SMILES string of the molecule is CCN(c1ccc(F)cc1)S(=O)(=O)c1ccc(NN)cc1. The molecule has 0 aliphatic heterocycles. The summed E-state index contributed by atoms with van der Waals surface area (Å²) in [6.45, 7) is 1.96. The molecule has 0 aliphatic rings. The van der Waals surface area contributed by atoms with Gasteiger partial charge in [0.05, 0.1) is 10.6 Å². The third kappa shape index (κ3) is 3.14. The van der Waals surface area contributed by atoms with Crippen LogP contribution in [0.1, 0.15) is 6.92 Å². The largest absolute Gasteiger partial charge is 0.324 e. The number of anilines is 2. The van der Waals surface area contributed by atoms with E-state index in [1.54, 1.807) is 19.1 Å². The van der Waals surface area contributed by atoms with Crippen LogP contribution in [-0.2, 0) is 10.0 Å². The summed E-state index contributed by atoms with van der Waals surface area (Å²) in [5.41, 5.74) is 3.46. The van der Waals surface area contributed by atoms with Gasteiger partial charge in [-0.2, -0.15) is 0 Å². The Kier molecular flexibility index (Phi) is 4.44. The molecule has 0 spiro atoms. The molecular weight excluding hydrogens is 293 g/mol. The van der Waals surface area contributed by atoms with Gasteiger partial charge >= 0.3 is 0 Å². The fourth-order valence-corrected chi connectivity index (χ4v) is 3.42. The predicted molar refractivity (Wildman–Crippen MR) is 80.9 cm³/mol. The van der Waals surface area contributed by atoms with Crippen LogP contribution in [0, 0.1) is 5.82 Å². The Morgan fingerprint density at radius 2 is 1.67 bits per heavy atom. The average Bonchev–Trinajstić information content (AvgIpc) is 2.50. The van der Waals surface area contributed by atoms with Crippen LogP contribution in [-0.4, -0.2) is 15.0 Å². The van der Waals surface area contributed by atoms with Crippen molar-refractivity contribution in [3.05, 3.63) is 54.3 Å². The highest BCUT2D eigenvalue weighted by Crippen LogP contribution is 2.24. The van der Waals surface area contributed by atoms with Gasteiger partial charge in [-0.05, 0) is 55.5 Å². The van der Waals surface area contributed by atoms with E-state index in [4.69, 9.17) is 5.84 Å². The molecular formula is C14H16FN3O2S. The van der Waals surface area contributed by atoms with Crippen LogP contribution >= 0.6 is 0 Å². The van der Waals surface area contributed by atoms with Crippen molar-refractivity contribution in [3.63, 3.8) is 0 Å². The summed E-state index contributed by atoms with van der Waals surface area (Å²) in [4.78, 5) is 0.146. The maximum absolute atomic E-state index is 13.0. The third-order valence-electron chi connectivity index (χ3n) is 3.01. The molecule has 0 aliphatic carbocycles. The Hall–Kier alpha value is -2.12. The van der Waals surface area contributed by atoms with Gasteiger partial charge in [0.2, 0.25) is 0 Å². The number of nitrogens with zero attached hydrogens (tertiary/aromatic N) is 1. The lowest BCUT2D eigenvalue weighted by Crippen LogP contribution is -2.30. The minimum Gasteiger partial charge on any atom is -0.324 e. The maximum Gasteiger partial charge on any atom is 0.264 e. The highest BCUT2D eigenvalue weighted by molar-refractivity contribution is 7.92. The molecule has 0 amide bonds. The first kappa shape index (κ1) is 15.3. The quantitative estimate of drug-likeness (QED) is 0.656. The smallest absolute Gasteiger partial charge is 0.264 e. The lowest BCUT2D eigenvalue weighted by molar-refractivity contribution is 0.591. The minimum absolute atomic E-state index is 0.146. The first-order valence-corrected chi connectivity index (χ1v) is 7.78. The molecule has 0 atom stereocenters. The molecule has 5 nitrogen and oxygen atoms in total. The normalized spacial score (nSPS) is 11.2. The molecule has 7 heteroatoms. The van der Waals surface area contributed by atoms with E-state index in [0.29, 0.717) is 11.4 Å². The van der Waals surface area contributed by atoms with Crippen LogP contribution in [0.4, 0.5) is 15.8 Å². The molecule has 3 N–H and O–H groups in total. The molecule has 0 saturated carbocycles. The van der Waals surface area contributed by atoms with Crippen LogP contribution in [0.3, 0.4) is 0 Å². The number of nitrogens with one attached hydrogen (secondary N) is 1. The van der Waals surface area contributed by atoms with Crippen LogP contribution in [0.5, 0.6) is 0 Å². The van der Waals surface area contributed by atoms with Gasteiger partial charge in [-0.1, -0.05) is 0 Å². The lowest BCUT2D eigenvalue weighted by atomic mass is 10.3. The van der Waals surface area contributed by atoms with Gasteiger partial charge in [0, 0.05) is 12.2 Å².